The van der Waals surface area contributed by atoms with Crippen molar-refractivity contribution in [2.24, 2.45) is 0 Å². The molecule has 1 fully saturated rings. The number of aliphatic hydroxyl groups is 1. The van der Waals surface area contributed by atoms with E-state index in [0.29, 0.717) is 19.6 Å². The first-order valence-electron chi connectivity index (χ1n) is 9.74. The van der Waals surface area contributed by atoms with E-state index in [9.17, 15) is 9.90 Å². The molecule has 5 nitrogen and oxygen atoms in total. The number of aliphatic hydroxyl groups excluding tert-OH is 1. The molecule has 0 aliphatic carbocycles. The summed E-state index contributed by atoms with van der Waals surface area (Å²) in [7, 11) is 0. The number of amides is 1. The van der Waals surface area contributed by atoms with E-state index in [1.807, 2.05) is 75.4 Å². The van der Waals surface area contributed by atoms with Crippen LogP contribution in [0.15, 0.2) is 54.6 Å². The first kappa shape index (κ1) is 20.2. The van der Waals surface area contributed by atoms with Gasteiger partial charge in [-0.3, -0.25) is 0 Å². The third-order valence-electron chi connectivity index (χ3n) is 4.79. The van der Waals surface area contributed by atoms with Crippen molar-refractivity contribution in [2.45, 2.75) is 51.4 Å². The van der Waals surface area contributed by atoms with Gasteiger partial charge in [0.1, 0.15) is 18.0 Å². The topological polar surface area (TPSA) is 59.0 Å². The minimum absolute atomic E-state index is 0.00172. The summed E-state index contributed by atoms with van der Waals surface area (Å²) in [5, 5.41) is 10.6. The second-order valence-corrected chi connectivity index (χ2v) is 8.23. The predicted molar refractivity (Wildman–Crippen MR) is 108 cm³/mol. The van der Waals surface area contributed by atoms with E-state index in [-0.39, 0.29) is 18.6 Å². The van der Waals surface area contributed by atoms with Gasteiger partial charge in [0, 0.05) is 12.5 Å². The van der Waals surface area contributed by atoms with Crippen molar-refractivity contribution in [3.63, 3.8) is 0 Å². The number of hydrogen-bond acceptors (Lipinski definition) is 4. The monoisotopic (exact) mass is 383 g/mol. The second-order valence-electron chi connectivity index (χ2n) is 8.23. The Balaban J connectivity index is 1.55. The molecular formula is C23H29NO4. The van der Waals surface area contributed by atoms with Gasteiger partial charge < -0.3 is 19.5 Å². The summed E-state index contributed by atoms with van der Waals surface area (Å²) >= 11 is 0. The fourth-order valence-electron chi connectivity index (χ4n) is 3.36. The van der Waals surface area contributed by atoms with Crippen LogP contribution in [0, 0.1) is 0 Å². The van der Waals surface area contributed by atoms with E-state index >= 15 is 0 Å². The number of hydrogen-bond donors (Lipinski definition) is 1. The van der Waals surface area contributed by atoms with Crippen molar-refractivity contribution in [1.82, 2.24) is 4.90 Å². The molecule has 0 saturated carbocycles. The Hall–Kier alpha value is -2.53. The van der Waals surface area contributed by atoms with Crippen molar-refractivity contribution in [3.05, 3.63) is 65.7 Å². The van der Waals surface area contributed by atoms with Crippen LogP contribution in [0.3, 0.4) is 0 Å². The lowest BCUT2D eigenvalue weighted by atomic mass is 9.87. The van der Waals surface area contributed by atoms with E-state index in [1.165, 1.54) is 0 Å². The Labute approximate surface area is 166 Å². The second kappa shape index (κ2) is 8.65. The summed E-state index contributed by atoms with van der Waals surface area (Å²) in [6.07, 6.45) is -0.281. The van der Waals surface area contributed by atoms with E-state index in [4.69, 9.17) is 9.47 Å². The van der Waals surface area contributed by atoms with Crippen molar-refractivity contribution < 1.29 is 19.4 Å². The highest BCUT2D eigenvalue weighted by molar-refractivity contribution is 5.68. The van der Waals surface area contributed by atoms with Gasteiger partial charge in [-0.1, -0.05) is 42.5 Å². The lowest BCUT2D eigenvalue weighted by Crippen LogP contribution is -2.47. The van der Waals surface area contributed by atoms with Gasteiger partial charge >= 0.3 is 6.09 Å². The number of β-amino-alcohol motifs (C(OH)–C–C–N with tert-alkyl or cyclic N) is 1. The molecular weight excluding hydrogens is 354 g/mol. The van der Waals surface area contributed by atoms with Crippen LogP contribution < -0.4 is 4.74 Å². The summed E-state index contributed by atoms with van der Waals surface area (Å²) in [4.78, 5) is 13.8. The van der Waals surface area contributed by atoms with Gasteiger partial charge in [0.2, 0.25) is 0 Å². The molecule has 1 heterocycles. The Morgan fingerprint density at radius 2 is 1.79 bits per heavy atom. The maximum Gasteiger partial charge on any atom is 0.410 e. The highest BCUT2D eigenvalue weighted by Crippen LogP contribution is 2.30. The van der Waals surface area contributed by atoms with Crippen LogP contribution in [0.25, 0.3) is 0 Å². The lowest BCUT2D eigenvalue weighted by Gasteiger charge is -2.36. The quantitative estimate of drug-likeness (QED) is 0.853. The fraction of sp³-hybridized carbons (Fsp3) is 0.435. The standard InChI is InChI=1S/C23H29NO4/c1-23(2,3)28-22(26)24-14-13-20(21(25)15-24)18-9-11-19(12-10-18)27-16-17-7-5-4-6-8-17/h4-12,20-21,25H,13-16H2,1-3H3/t20-,21+/m0/s1. The van der Waals surface area contributed by atoms with Gasteiger partial charge in [0.15, 0.2) is 0 Å². The minimum atomic E-state index is -0.614. The van der Waals surface area contributed by atoms with Crippen molar-refractivity contribution in [3.8, 4) is 5.75 Å². The average molecular weight is 383 g/mol. The summed E-state index contributed by atoms with van der Waals surface area (Å²) < 4.78 is 11.2. The van der Waals surface area contributed by atoms with Gasteiger partial charge in [-0.05, 0) is 50.5 Å². The normalized spacial score (nSPS) is 19.9. The van der Waals surface area contributed by atoms with Gasteiger partial charge in [-0.2, -0.15) is 0 Å². The molecule has 3 rings (SSSR count). The molecule has 1 saturated heterocycles. The van der Waals surface area contributed by atoms with Gasteiger partial charge in [0.05, 0.1) is 12.6 Å². The van der Waals surface area contributed by atoms with Crippen LogP contribution in [-0.2, 0) is 11.3 Å². The summed E-state index contributed by atoms with van der Waals surface area (Å²) in [5.41, 5.74) is 1.65. The zero-order chi connectivity index (χ0) is 20.1. The van der Waals surface area contributed by atoms with Crippen LogP contribution >= 0.6 is 0 Å². The average Bonchev–Trinajstić information content (AvgIpc) is 2.66. The fourth-order valence-corrected chi connectivity index (χ4v) is 3.36. The molecule has 150 valence electrons. The van der Waals surface area contributed by atoms with Crippen LogP contribution in [0.4, 0.5) is 4.79 Å². The zero-order valence-corrected chi connectivity index (χ0v) is 16.8. The Bertz CT molecular complexity index is 767. The van der Waals surface area contributed by atoms with Crippen LogP contribution in [0.1, 0.15) is 44.2 Å². The Morgan fingerprint density at radius 3 is 2.39 bits per heavy atom. The molecule has 1 aliphatic heterocycles. The van der Waals surface area contributed by atoms with E-state index in [0.717, 1.165) is 16.9 Å². The highest BCUT2D eigenvalue weighted by Gasteiger charge is 2.33. The van der Waals surface area contributed by atoms with Gasteiger partial charge in [-0.25, -0.2) is 4.79 Å². The minimum Gasteiger partial charge on any atom is -0.489 e. The number of nitrogens with zero attached hydrogens (tertiary/aromatic N) is 1. The zero-order valence-electron chi connectivity index (χ0n) is 16.8. The first-order valence-corrected chi connectivity index (χ1v) is 9.74. The SMILES string of the molecule is CC(C)(C)OC(=O)N1CC[C@@H](c2ccc(OCc3ccccc3)cc2)[C@H](O)C1. The summed E-state index contributed by atoms with van der Waals surface area (Å²) in [6.45, 7) is 6.91. The molecule has 1 amide bonds. The molecule has 0 spiro atoms. The third-order valence-corrected chi connectivity index (χ3v) is 4.79. The lowest BCUT2D eigenvalue weighted by molar-refractivity contribution is -0.00152. The summed E-state index contributed by atoms with van der Waals surface area (Å²) in [6, 6.07) is 17.9. The Morgan fingerprint density at radius 1 is 1.11 bits per heavy atom. The largest absolute Gasteiger partial charge is 0.489 e. The molecule has 0 unspecified atom stereocenters. The number of benzene rings is 2. The molecule has 2 atom stereocenters. The van der Waals surface area contributed by atoms with Crippen LogP contribution in [0.2, 0.25) is 0 Å². The summed E-state index contributed by atoms with van der Waals surface area (Å²) in [5.74, 6) is 0.801. The number of ether oxygens (including phenoxy) is 2. The number of rotatable bonds is 4. The van der Waals surface area contributed by atoms with Gasteiger partial charge in [-0.15, -0.1) is 0 Å². The molecule has 2 aromatic carbocycles. The van der Waals surface area contributed by atoms with Crippen molar-refractivity contribution >= 4 is 6.09 Å². The Kier molecular flexibility index (Phi) is 6.25. The molecule has 0 radical (unpaired) electrons. The van der Waals surface area contributed by atoms with Crippen molar-refractivity contribution in [2.75, 3.05) is 13.1 Å². The number of likely N-dealkylation sites (tertiary alicyclic amines) is 1. The van der Waals surface area contributed by atoms with Crippen LogP contribution in [-0.4, -0.2) is 40.9 Å². The maximum absolute atomic E-state index is 12.2. The van der Waals surface area contributed by atoms with Crippen LogP contribution in [0.5, 0.6) is 5.75 Å². The maximum atomic E-state index is 12.2. The third kappa shape index (κ3) is 5.49. The number of carbonyl (C=O) groups excluding carboxylic acids is 1. The number of carbonyl (C=O) groups is 1. The molecule has 28 heavy (non-hydrogen) atoms. The highest BCUT2D eigenvalue weighted by atomic mass is 16.6. The van der Waals surface area contributed by atoms with Crippen molar-refractivity contribution in [1.29, 1.82) is 0 Å². The predicted octanol–water partition coefficient (Wildman–Crippen LogP) is 4.35. The molecule has 5 heteroatoms. The molecule has 0 bridgehead atoms. The smallest absolute Gasteiger partial charge is 0.410 e. The van der Waals surface area contributed by atoms with Gasteiger partial charge in [0.25, 0.3) is 0 Å². The van der Waals surface area contributed by atoms with E-state index in [2.05, 4.69) is 0 Å². The number of piperidine rings is 1. The van der Waals surface area contributed by atoms with E-state index < -0.39 is 11.7 Å². The molecule has 0 aromatic heterocycles. The molecule has 2 aromatic rings. The van der Waals surface area contributed by atoms with E-state index in [1.54, 1.807) is 4.90 Å². The molecule has 1 aliphatic rings. The molecule has 1 N–H and O–H groups in total. The first-order chi connectivity index (χ1) is 13.3.